The molecule has 1 aromatic carbocycles. The number of urea groups is 1. The van der Waals surface area contributed by atoms with E-state index in [-0.39, 0.29) is 12.1 Å². The summed E-state index contributed by atoms with van der Waals surface area (Å²) in [5.74, 6) is 0.752. The van der Waals surface area contributed by atoms with Gasteiger partial charge < -0.3 is 20.1 Å². The van der Waals surface area contributed by atoms with Crippen molar-refractivity contribution in [2.24, 2.45) is 0 Å². The molecule has 5 nitrogen and oxygen atoms in total. The average Bonchev–Trinajstić information content (AvgIpc) is 2.30. The van der Waals surface area contributed by atoms with Gasteiger partial charge in [-0.3, -0.25) is 0 Å². The van der Waals surface area contributed by atoms with Crippen molar-refractivity contribution >= 4 is 11.7 Å². The van der Waals surface area contributed by atoms with Crippen LogP contribution in [0, 0.1) is 0 Å². The fourth-order valence-corrected chi connectivity index (χ4v) is 1.31. The van der Waals surface area contributed by atoms with Gasteiger partial charge in [0.1, 0.15) is 12.4 Å². The number of hydrogen-bond donors (Lipinski definition) is 2. The molecule has 0 fully saturated rings. The SMILES string of the molecule is COCCOc1ccc(NC(=O)NC(C)C)cc1. The van der Waals surface area contributed by atoms with E-state index in [1.807, 2.05) is 13.8 Å². The van der Waals surface area contributed by atoms with Crippen LogP contribution in [0.2, 0.25) is 0 Å². The fourth-order valence-electron chi connectivity index (χ4n) is 1.31. The molecule has 100 valence electrons. The number of nitrogens with one attached hydrogen (secondary N) is 2. The summed E-state index contributed by atoms with van der Waals surface area (Å²) in [4.78, 5) is 11.4. The summed E-state index contributed by atoms with van der Waals surface area (Å²) < 4.78 is 10.3. The van der Waals surface area contributed by atoms with Gasteiger partial charge in [-0.2, -0.15) is 0 Å². The highest BCUT2D eigenvalue weighted by Crippen LogP contribution is 2.15. The van der Waals surface area contributed by atoms with Crippen LogP contribution in [0.4, 0.5) is 10.5 Å². The number of carbonyl (C=O) groups is 1. The molecule has 0 bridgehead atoms. The molecule has 1 aromatic rings. The van der Waals surface area contributed by atoms with Crippen LogP contribution in [-0.4, -0.2) is 32.4 Å². The minimum Gasteiger partial charge on any atom is -0.491 e. The second-order valence-electron chi connectivity index (χ2n) is 4.12. The Morgan fingerprint density at radius 1 is 1.22 bits per heavy atom. The van der Waals surface area contributed by atoms with Gasteiger partial charge in [-0.15, -0.1) is 0 Å². The number of hydrogen-bond acceptors (Lipinski definition) is 3. The van der Waals surface area contributed by atoms with Gasteiger partial charge in [0.15, 0.2) is 0 Å². The maximum atomic E-state index is 11.4. The third-order valence-electron chi connectivity index (χ3n) is 2.09. The molecule has 0 atom stereocenters. The summed E-state index contributed by atoms with van der Waals surface area (Å²) in [6.07, 6.45) is 0. The van der Waals surface area contributed by atoms with Gasteiger partial charge in [0.25, 0.3) is 0 Å². The van der Waals surface area contributed by atoms with Crippen molar-refractivity contribution in [2.75, 3.05) is 25.6 Å². The Bertz CT molecular complexity index is 363. The Morgan fingerprint density at radius 2 is 1.89 bits per heavy atom. The van der Waals surface area contributed by atoms with Crippen molar-refractivity contribution in [3.63, 3.8) is 0 Å². The lowest BCUT2D eigenvalue weighted by atomic mass is 10.3. The predicted octanol–water partition coefficient (Wildman–Crippen LogP) is 2.24. The molecule has 0 saturated heterocycles. The molecule has 0 spiro atoms. The number of amides is 2. The molecule has 0 unspecified atom stereocenters. The molecule has 0 aromatic heterocycles. The van der Waals surface area contributed by atoms with Gasteiger partial charge in [0, 0.05) is 18.8 Å². The summed E-state index contributed by atoms with van der Waals surface area (Å²) in [6, 6.07) is 7.10. The van der Waals surface area contributed by atoms with Crippen LogP contribution >= 0.6 is 0 Å². The van der Waals surface area contributed by atoms with E-state index in [1.54, 1.807) is 31.4 Å². The van der Waals surface area contributed by atoms with Crippen molar-refractivity contribution in [3.05, 3.63) is 24.3 Å². The molecule has 0 aliphatic rings. The summed E-state index contributed by atoms with van der Waals surface area (Å²) in [5, 5.41) is 5.49. The van der Waals surface area contributed by atoms with E-state index in [0.29, 0.717) is 13.2 Å². The standard InChI is InChI=1S/C13H20N2O3/c1-10(2)14-13(16)15-11-4-6-12(7-5-11)18-9-8-17-3/h4-7,10H,8-9H2,1-3H3,(H2,14,15,16). The quantitative estimate of drug-likeness (QED) is 0.763. The molecule has 5 heteroatoms. The number of ether oxygens (including phenoxy) is 2. The van der Waals surface area contributed by atoms with Crippen LogP contribution in [0.1, 0.15) is 13.8 Å². The minimum absolute atomic E-state index is 0.113. The van der Waals surface area contributed by atoms with Crippen LogP contribution in [-0.2, 0) is 4.74 Å². The summed E-state index contributed by atoms with van der Waals surface area (Å²) in [7, 11) is 1.63. The third kappa shape index (κ3) is 5.54. The molecule has 2 N–H and O–H groups in total. The molecular weight excluding hydrogens is 232 g/mol. The van der Waals surface area contributed by atoms with Crippen LogP contribution in [0.25, 0.3) is 0 Å². The van der Waals surface area contributed by atoms with E-state index < -0.39 is 0 Å². The molecule has 0 aliphatic carbocycles. The molecule has 18 heavy (non-hydrogen) atoms. The number of methoxy groups -OCH3 is 1. The van der Waals surface area contributed by atoms with E-state index in [2.05, 4.69) is 10.6 Å². The van der Waals surface area contributed by atoms with Crippen LogP contribution in [0.15, 0.2) is 24.3 Å². The zero-order chi connectivity index (χ0) is 13.4. The molecule has 0 saturated carbocycles. The number of carbonyl (C=O) groups excluding carboxylic acids is 1. The maximum Gasteiger partial charge on any atom is 0.319 e. The molecule has 2 amide bonds. The van der Waals surface area contributed by atoms with E-state index in [0.717, 1.165) is 11.4 Å². The van der Waals surface area contributed by atoms with Crippen LogP contribution in [0.3, 0.4) is 0 Å². The van der Waals surface area contributed by atoms with Crippen LogP contribution < -0.4 is 15.4 Å². The summed E-state index contributed by atoms with van der Waals surface area (Å²) in [6.45, 7) is 4.88. The van der Waals surface area contributed by atoms with Gasteiger partial charge >= 0.3 is 6.03 Å². The average molecular weight is 252 g/mol. The van der Waals surface area contributed by atoms with Gasteiger partial charge in [0.2, 0.25) is 0 Å². The van der Waals surface area contributed by atoms with Crippen molar-refractivity contribution in [3.8, 4) is 5.75 Å². The zero-order valence-electron chi connectivity index (χ0n) is 11.0. The first kappa shape index (κ1) is 14.3. The number of anilines is 1. The first-order valence-corrected chi connectivity index (χ1v) is 5.91. The minimum atomic E-state index is -0.210. The molecule has 0 radical (unpaired) electrons. The smallest absolute Gasteiger partial charge is 0.319 e. The zero-order valence-corrected chi connectivity index (χ0v) is 11.0. The van der Waals surface area contributed by atoms with Gasteiger partial charge in [-0.25, -0.2) is 4.79 Å². The van der Waals surface area contributed by atoms with Crippen molar-refractivity contribution in [1.29, 1.82) is 0 Å². The highest BCUT2D eigenvalue weighted by atomic mass is 16.5. The molecule has 0 heterocycles. The fraction of sp³-hybridized carbons (Fsp3) is 0.462. The highest BCUT2D eigenvalue weighted by molar-refractivity contribution is 5.89. The number of benzene rings is 1. The first-order valence-electron chi connectivity index (χ1n) is 5.91. The van der Waals surface area contributed by atoms with E-state index >= 15 is 0 Å². The van der Waals surface area contributed by atoms with Crippen molar-refractivity contribution in [1.82, 2.24) is 5.32 Å². The van der Waals surface area contributed by atoms with Gasteiger partial charge in [-0.05, 0) is 38.1 Å². The second kappa shape index (κ2) is 7.55. The van der Waals surface area contributed by atoms with E-state index in [4.69, 9.17) is 9.47 Å². The Labute approximate surface area is 107 Å². The maximum absolute atomic E-state index is 11.4. The monoisotopic (exact) mass is 252 g/mol. The Morgan fingerprint density at radius 3 is 2.44 bits per heavy atom. The third-order valence-corrected chi connectivity index (χ3v) is 2.09. The van der Waals surface area contributed by atoms with Crippen molar-refractivity contribution < 1.29 is 14.3 Å². The van der Waals surface area contributed by atoms with Crippen LogP contribution in [0.5, 0.6) is 5.75 Å². The lowest BCUT2D eigenvalue weighted by Gasteiger charge is -2.10. The highest BCUT2D eigenvalue weighted by Gasteiger charge is 2.03. The molecule has 0 aliphatic heterocycles. The normalized spacial score (nSPS) is 10.2. The number of rotatable bonds is 6. The van der Waals surface area contributed by atoms with E-state index in [9.17, 15) is 4.79 Å². The predicted molar refractivity (Wildman–Crippen MR) is 71.1 cm³/mol. The molecule has 1 rings (SSSR count). The Hall–Kier alpha value is -1.75. The summed E-state index contributed by atoms with van der Waals surface area (Å²) in [5.41, 5.74) is 0.729. The van der Waals surface area contributed by atoms with E-state index in [1.165, 1.54) is 0 Å². The Balaban J connectivity index is 2.42. The largest absolute Gasteiger partial charge is 0.491 e. The lowest BCUT2D eigenvalue weighted by molar-refractivity contribution is 0.146. The van der Waals surface area contributed by atoms with Gasteiger partial charge in [0.05, 0.1) is 6.61 Å². The molecular formula is C13H20N2O3. The van der Waals surface area contributed by atoms with Gasteiger partial charge in [-0.1, -0.05) is 0 Å². The topological polar surface area (TPSA) is 59.6 Å². The first-order chi connectivity index (χ1) is 8.61. The lowest BCUT2D eigenvalue weighted by Crippen LogP contribution is -2.34. The Kier molecular flexibility index (Phi) is 6.00. The second-order valence-corrected chi connectivity index (χ2v) is 4.12. The summed E-state index contributed by atoms with van der Waals surface area (Å²) >= 11 is 0. The van der Waals surface area contributed by atoms with Crippen molar-refractivity contribution in [2.45, 2.75) is 19.9 Å².